The molecule has 0 aliphatic heterocycles. The molecule has 1 N–H and O–H groups in total. The lowest BCUT2D eigenvalue weighted by molar-refractivity contribution is -0.385. The summed E-state index contributed by atoms with van der Waals surface area (Å²) in [5, 5.41) is 1.08. The van der Waals surface area contributed by atoms with E-state index in [-0.39, 0.29) is 24.0 Å². The molecule has 1 aromatic carbocycles. The third-order valence-electron chi connectivity index (χ3n) is 2.28. The summed E-state index contributed by atoms with van der Waals surface area (Å²) in [6.45, 7) is 4.46. The third-order valence-corrected chi connectivity index (χ3v) is 8.36. The van der Waals surface area contributed by atoms with E-state index in [2.05, 4.69) is 47.9 Å². The first-order chi connectivity index (χ1) is 7.61. The predicted molar refractivity (Wildman–Crippen MR) is 75.4 cm³/mol. The standard InChI is InChI=1S/C12H13NS2Si.HI/c1-4-16(2,3)9-14-12-13-10-7-5-6-8-11(10)15-12;/h1,5-8H,9H2,2-3H3;1H. The van der Waals surface area contributed by atoms with E-state index < -0.39 is 8.07 Å². The van der Waals surface area contributed by atoms with Gasteiger partial charge in [0.15, 0.2) is 0 Å². The molecule has 0 radical (unpaired) electrons. The fourth-order valence-corrected chi connectivity index (χ4v) is 5.50. The highest BCUT2D eigenvalue weighted by Crippen LogP contribution is 2.27. The van der Waals surface area contributed by atoms with Gasteiger partial charge < -0.3 is 24.0 Å². The summed E-state index contributed by atoms with van der Waals surface area (Å²) in [7, 11) is -1.43. The number of hydrogen-bond donors (Lipinski definition) is 0. The molecule has 0 saturated heterocycles. The van der Waals surface area contributed by atoms with E-state index in [9.17, 15) is 0 Å². The quantitative estimate of drug-likeness (QED) is 0.316. The Kier molecular flexibility index (Phi) is 5.50. The molecule has 0 saturated carbocycles. The van der Waals surface area contributed by atoms with Crippen LogP contribution in [0.1, 0.15) is 0 Å². The molecule has 0 aliphatic carbocycles. The number of nitrogens with one attached hydrogen (secondary N) is 1. The van der Waals surface area contributed by atoms with Gasteiger partial charge >= 0.3 is 0 Å². The topological polar surface area (TPSA) is 14.1 Å². The van der Waals surface area contributed by atoms with Crippen molar-refractivity contribution in [3.63, 3.8) is 0 Å². The van der Waals surface area contributed by atoms with Crippen molar-refractivity contribution < 1.29 is 29.0 Å². The summed E-state index contributed by atoms with van der Waals surface area (Å²) in [6, 6.07) is 8.38. The third kappa shape index (κ3) is 3.98. The summed E-state index contributed by atoms with van der Waals surface area (Å²) >= 11 is 3.67. The number of halogens is 1. The van der Waals surface area contributed by atoms with Crippen LogP contribution in [0.15, 0.2) is 28.6 Å². The number of fused-ring (bicyclic) bond motifs is 1. The number of thioether (sulfide) groups is 1. The van der Waals surface area contributed by atoms with Crippen LogP contribution in [-0.2, 0) is 0 Å². The molecule has 1 nitrogen and oxygen atoms in total. The lowest BCUT2D eigenvalue weighted by atomic mass is 10.3. The number of benzene rings is 1. The maximum absolute atomic E-state index is 5.54. The smallest absolute Gasteiger partial charge is 0.296 e. The Morgan fingerprint density at radius 1 is 1.41 bits per heavy atom. The summed E-state index contributed by atoms with van der Waals surface area (Å²) in [6.07, 6.45) is 5.54. The Bertz CT molecular complexity index is 512. The Hall–Kier alpha value is -0.0331. The first-order valence-corrected chi connectivity index (χ1v) is 10.1. The maximum Gasteiger partial charge on any atom is 0.296 e. The Labute approximate surface area is 128 Å². The molecule has 0 aliphatic rings. The van der Waals surface area contributed by atoms with Gasteiger partial charge in [-0.3, -0.25) is 0 Å². The van der Waals surface area contributed by atoms with Gasteiger partial charge in [0.05, 0.1) is 0 Å². The molecule has 1 aromatic heterocycles. The number of H-pyrrole nitrogens is 1. The molecule has 0 atom stereocenters. The molecule has 2 aromatic rings. The van der Waals surface area contributed by atoms with Gasteiger partial charge in [0.1, 0.15) is 12.8 Å². The largest absolute Gasteiger partial charge is 1.00 e. The summed E-state index contributed by atoms with van der Waals surface area (Å²) in [5.41, 5.74) is 4.17. The number of thiazole rings is 1. The molecule has 2 rings (SSSR count). The zero-order valence-corrected chi connectivity index (χ0v) is 14.6. The van der Waals surface area contributed by atoms with Gasteiger partial charge in [-0.2, -0.15) is 4.98 Å². The van der Waals surface area contributed by atoms with Crippen molar-refractivity contribution in [2.24, 2.45) is 0 Å². The second kappa shape index (κ2) is 6.23. The average molecular weight is 391 g/mol. The normalized spacial score (nSPS) is 10.9. The fraction of sp³-hybridized carbons (Fsp3) is 0.250. The molecular formula is C12H14INS2Si. The van der Waals surface area contributed by atoms with E-state index in [4.69, 9.17) is 6.42 Å². The summed E-state index contributed by atoms with van der Waals surface area (Å²) < 4.78 is 2.57. The van der Waals surface area contributed by atoms with Crippen molar-refractivity contribution in [2.75, 3.05) is 5.38 Å². The van der Waals surface area contributed by atoms with Crippen molar-refractivity contribution in [1.29, 1.82) is 0 Å². The number of rotatable bonds is 3. The van der Waals surface area contributed by atoms with Crippen LogP contribution in [-0.4, -0.2) is 13.5 Å². The minimum atomic E-state index is -1.43. The van der Waals surface area contributed by atoms with Crippen molar-refractivity contribution in [3.8, 4) is 12.0 Å². The molecule has 0 amide bonds. The minimum absolute atomic E-state index is 0. The zero-order valence-electron chi connectivity index (χ0n) is 9.79. The Morgan fingerprint density at radius 2 is 2.12 bits per heavy atom. The van der Waals surface area contributed by atoms with E-state index in [1.807, 2.05) is 23.1 Å². The van der Waals surface area contributed by atoms with Gasteiger partial charge in [-0.25, -0.2) is 0 Å². The molecular weight excluding hydrogens is 377 g/mol. The van der Waals surface area contributed by atoms with Crippen molar-refractivity contribution in [1.82, 2.24) is 0 Å². The number of terminal acetylenes is 1. The predicted octanol–water partition coefficient (Wildman–Crippen LogP) is 0.231. The van der Waals surface area contributed by atoms with E-state index in [1.54, 1.807) is 0 Å². The second-order valence-corrected chi connectivity index (χ2v) is 11.5. The van der Waals surface area contributed by atoms with Gasteiger partial charge in [-0.1, -0.05) is 36.6 Å². The van der Waals surface area contributed by atoms with Crippen LogP contribution in [0.2, 0.25) is 13.1 Å². The first-order valence-electron chi connectivity index (χ1n) is 5.12. The maximum atomic E-state index is 5.54. The van der Waals surface area contributed by atoms with Gasteiger partial charge in [-0.05, 0) is 17.8 Å². The van der Waals surface area contributed by atoms with Gasteiger partial charge in [0.2, 0.25) is 5.52 Å². The van der Waals surface area contributed by atoms with E-state index in [0.29, 0.717) is 0 Å². The van der Waals surface area contributed by atoms with E-state index in [1.165, 1.54) is 14.6 Å². The second-order valence-electron chi connectivity index (χ2n) is 4.33. The van der Waals surface area contributed by atoms with Crippen molar-refractivity contribution in [3.05, 3.63) is 24.3 Å². The molecule has 90 valence electrons. The number of aromatic amines is 1. The molecule has 0 fully saturated rings. The highest BCUT2D eigenvalue weighted by atomic mass is 127. The van der Waals surface area contributed by atoms with Crippen LogP contribution in [0.4, 0.5) is 0 Å². The Morgan fingerprint density at radius 3 is 2.76 bits per heavy atom. The SMILES string of the molecule is C#C[Si](C)(C)CSc1[nH+]c2ccccc2s1.[I-]. The zero-order chi connectivity index (χ0) is 11.6. The molecule has 0 unspecified atom stereocenters. The molecule has 5 heteroatoms. The average Bonchev–Trinajstić information content (AvgIpc) is 2.69. The number of para-hydroxylation sites is 1. The minimum Gasteiger partial charge on any atom is -1.00 e. The lowest BCUT2D eigenvalue weighted by Gasteiger charge is -2.10. The van der Waals surface area contributed by atoms with Gasteiger partial charge in [0.25, 0.3) is 4.34 Å². The Balaban J connectivity index is 0.00000144. The molecule has 0 spiro atoms. The van der Waals surface area contributed by atoms with Crippen molar-refractivity contribution >= 4 is 41.4 Å². The van der Waals surface area contributed by atoms with Gasteiger partial charge in [-0.15, -0.1) is 12.0 Å². The van der Waals surface area contributed by atoms with Gasteiger partial charge in [0, 0.05) is 11.4 Å². The first kappa shape index (κ1) is 15.0. The lowest BCUT2D eigenvalue weighted by Crippen LogP contribution is -3.00. The number of hydrogen-bond acceptors (Lipinski definition) is 2. The highest BCUT2D eigenvalue weighted by molar-refractivity contribution is 8.02. The molecule has 0 bridgehead atoms. The number of aromatic nitrogens is 1. The fourth-order valence-electron chi connectivity index (χ4n) is 1.25. The summed E-state index contributed by atoms with van der Waals surface area (Å²) in [4.78, 5) is 3.43. The van der Waals surface area contributed by atoms with Crippen LogP contribution < -0.4 is 29.0 Å². The van der Waals surface area contributed by atoms with Crippen LogP contribution >= 0.6 is 23.1 Å². The monoisotopic (exact) mass is 391 g/mol. The highest BCUT2D eigenvalue weighted by Gasteiger charge is 2.21. The van der Waals surface area contributed by atoms with Crippen LogP contribution in [0.25, 0.3) is 10.2 Å². The van der Waals surface area contributed by atoms with Crippen LogP contribution in [0.5, 0.6) is 0 Å². The van der Waals surface area contributed by atoms with E-state index in [0.717, 1.165) is 5.38 Å². The van der Waals surface area contributed by atoms with Crippen LogP contribution in [0, 0.1) is 12.0 Å². The van der Waals surface area contributed by atoms with Crippen molar-refractivity contribution in [2.45, 2.75) is 17.4 Å². The molecule has 17 heavy (non-hydrogen) atoms. The summed E-state index contributed by atoms with van der Waals surface area (Å²) in [5.74, 6) is 0. The van der Waals surface area contributed by atoms with E-state index >= 15 is 0 Å². The van der Waals surface area contributed by atoms with Crippen LogP contribution in [0.3, 0.4) is 0 Å². The molecule has 1 heterocycles.